The van der Waals surface area contributed by atoms with Crippen LogP contribution in [0.2, 0.25) is 0 Å². The topological polar surface area (TPSA) is 86.5 Å². The second-order valence-corrected chi connectivity index (χ2v) is 4.56. The SMILES string of the molecule is C=C(C(N)=O)S(=O)(=O)OCC(C)C.[NaH]. The van der Waals surface area contributed by atoms with E-state index in [2.05, 4.69) is 10.8 Å². The van der Waals surface area contributed by atoms with Gasteiger partial charge in [0, 0.05) is 0 Å². The molecule has 14 heavy (non-hydrogen) atoms. The molecule has 0 heterocycles. The molecule has 7 heteroatoms. The third-order valence-electron chi connectivity index (χ3n) is 1.13. The fourth-order valence-electron chi connectivity index (χ4n) is 0.420. The standard InChI is InChI=1S/C7H13NO4S.Na.H/c1-5(2)4-12-13(10,11)6(3)7(8)9;;/h5H,3-4H2,1-2H3,(H2,8,9);;. The van der Waals surface area contributed by atoms with Gasteiger partial charge in [0.25, 0.3) is 5.91 Å². The van der Waals surface area contributed by atoms with Crippen molar-refractivity contribution >= 4 is 45.6 Å². The Balaban J connectivity index is 0. The summed E-state index contributed by atoms with van der Waals surface area (Å²) in [5.41, 5.74) is 4.73. The monoisotopic (exact) mass is 231 g/mol. The number of primary amides is 1. The molecular formula is C7H14NNaO4S. The Labute approximate surface area is 106 Å². The molecule has 5 nitrogen and oxygen atoms in total. The van der Waals surface area contributed by atoms with E-state index in [0.717, 1.165) is 0 Å². The van der Waals surface area contributed by atoms with Crippen molar-refractivity contribution < 1.29 is 17.4 Å². The van der Waals surface area contributed by atoms with Gasteiger partial charge < -0.3 is 5.73 Å². The summed E-state index contributed by atoms with van der Waals surface area (Å²) in [6.45, 7) is 6.59. The van der Waals surface area contributed by atoms with E-state index in [1.807, 2.05) is 0 Å². The molecular weight excluding hydrogens is 217 g/mol. The number of rotatable bonds is 5. The summed E-state index contributed by atoms with van der Waals surface area (Å²) in [6, 6.07) is 0. The summed E-state index contributed by atoms with van der Waals surface area (Å²) in [5, 5.41) is 0. The van der Waals surface area contributed by atoms with Gasteiger partial charge in [0.05, 0.1) is 6.61 Å². The van der Waals surface area contributed by atoms with Gasteiger partial charge in [-0.25, -0.2) is 0 Å². The first kappa shape index (κ1) is 16.5. The molecule has 0 aromatic heterocycles. The molecule has 0 aliphatic carbocycles. The van der Waals surface area contributed by atoms with Gasteiger partial charge in [-0.1, -0.05) is 20.4 Å². The summed E-state index contributed by atoms with van der Waals surface area (Å²) in [5.74, 6) is -1.04. The number of carbonyl (C=O) groups is 1. The minimum atomic E-state index is -4.02. The van der Waals surface area contributed by atoms with E-state index >= 15 is 0 Å². The Hall–Kier alpha value is 0.120. The van der Waals surface area contributed by atoms with Gasteiger partial charge in [0.1, 0.15) is 0 Å². The number of hydrogen-bond donors (Lipinski definition) is 1. The van der Waals surface area contributed by atoms with Crippen molar-refractivity contribution in [3.05, 3.63) is 11.5 Å². The van der Waals surface area contributed by atoms with E-state index in [0.29, 0.717) is 0 Å². The summed E-state index contributed by atoms with van der Waals surface area (Å²) in [7, 11) is -4.02. The van der Waals surface area contributed by atoms with Gasteiger partial charge in [-0.3, -0.25) is 8.98 Å². The van der Waals surface area contributed by atoms with Crippen LogP contribution in [-0.2, 0) is 19.1 Å². The van der Waals surface area contributed by atoms with E-state index in [9.17, 15) is 13.2 Å². The maximum absolute atomic E-state index is 11.1. The average Bonchev–Trinajstić information content (AvgIpc) is 1.99. The Morgan fingerprint density at radius 1 is 1.50 bits per heavy atom. The molecule has 0 saturated heterocycles. The predicted molar refractivity (Wildman–Crippen MR) is 55.2 cm³/mol. The molecule has 0 aromatic carbocycles. The Morgan fingerprint density at radius 3 is 2.21 bits per heavy atom. The van der Waals surface area contributed by atoms with E-state index in [4.69, 9.17) is 5.73 Å². The number of hydrogen-bond acceptors (Lipinski definition) is 4. The van der Waals surface area contributed by atoms with Gasteiger partial charge in [-0.05, 0) is 5.92 Å². The van der Waals surface area contributed by atoms with E-state index in [1.165, 1.54) is 0 Å². The minimum absolute atomic E-state index is 0. The second-order valence-electron chi connectivity index (χ2n) is 2.92. The van der Waals surface area contributed by atoms with Crippen molar-refractivity contribution in [2.45, 2.75) is 13.8 Å². The quantitative estimate of drug-likeness (QED) is 0.386. The molecule has 78 valence electrons. The van der Waals surface area contributed by atoms with Gasteiger partial charge >= 0.3 is 39.7 Å². The molecule has 0 atom stereocenters. The summed E-state index contributed by atoms with van der Waals surface area (Å²) < 4.78 is 26.6. The zero-order valence-corrected chi connectivity index (χ0v) is 8.43. The van der Waals surface area contributed by atoms with Crippen molar-refractivity contribution in [3.8, 4) is 0 Å². The molecule has 2 N–H and O–H groups in total. The van der Waals surface area contributed by atoms with E-state index < -0.39 is 20.9 Å². The molecule has 0 aromatic rings. The summed E-state index contributed by atoms with van der Waals surface area (Å²) in [4.78, 5) is 9.74. The zero-order chi connectivity index (χ0) is 10.6. The molecule has 0 fully saturated rings. The predicted octanol–water partition coefficient (Wildman–Crippen LogP) is -0.661. The van der Waals surface area contributed by atoms with Crippen LogP contribution in [-0.4, -0.2) is 50.5 Å². The summed E-state index contributed by atoms with van der Waals surface area (Å²) >= 11 is 0. The van der Waals surface area contributed by atoms with Gasteiger partial charge in [0.15, 0.2) is 4.91 Å². The molecule has 0 aliphatic heterocycles. The number of amides is 1. The molecule has 0 unspecified atom stereocenters. The first-order valence-electron chi connectivity index (χ1n) is 3.65. The van der Waals surface area contributed by atoms with Crippen molar-refractivity contribution in [1.29, 1.82) is 0 Å². The molecule has 0 radical (unpaired) electrons. The average molecular weight is 231 g/mol. The fourth-order valence-corrected chi connectivity index (χ4v) is 1.26. The van der Waals surface area contributed by atoms with Crippen molar-refractivity contribution in [2.75, 3.05) is 6.61 Å². The van der Waals surface area contributed by atoms with Crippen LogP contribution in [0.25, 0.3) is 0 Å². The Bertz CT molecular complexity index is 310. The Morgan fingerprint density at radius 2 is 1.93 bits per heavy atom. The molecule has 0 spiro atoms. The number of nitrogens with two attached hydrogens (primary N) is 1. The second kappa shape index (κ2) is 6.58. The van der Waals surface area contributed by atoms with Crippen LogP contribution < -0.4 is 5.73 Å². The van der Waals surface area contributed by atoms with E-state index in [-0.39, 0.29) is 42.1 Å². The van der Waals surface area contributed by atoms with Gasteiger partial charge in [-0.2, -0.15) is 8.42 Å². The van der Waals surface area contributed by atoms with Gasteiger partial charge in [-0.15, -0.1) is 0 Å². The van der Waals surface area contributed by atoms with Crippen LogP contribution in [0.1, 0.15) is 13.8 Å². The van der Waals surface area contributed by atoms with Crippen molar-refractivity contribution in [1.82, 2.24) is 0 Å². The first-order chi connectivity index (χ1) is 5.77. The molecule has 0 rings (SSSR count). The number of carbonyl (C=O) groups excluding carboxylic acids is 1. The molecule has 0 saturated carbocycles. The van der Waals surface area contributed by atoms with Crippen LogP contribution in [0.15, 0.2) is 11.5 Å². The molecule has 1 amide bonds. The third kappa shape index (κ3) is 5.77. The maximum atomic E-state index is 11.1. The van der Waals surface area contributed by atoms with Crippen LogP contribution in [0.3, 0.4) is 0 Å². The van der Waals surface area contributed by atoms with Crippen LogP contribution in [0, 0.1) is 5.92 Å². The van der Waals surface area contributed by atoms with Gasteiger partial charge in [0.2, 0.25) is 0 Å². The molecule has 0 aliphatic rings. The van der Waals surface area contributed by atoms with E-state index in [1.54, 1.807) is 13.8 Å². The van der Waals surface area contributed by atoms with Crippen molar-refractivity contribution in [2.24, 2.45) is 11.7 Å². The first-order valence-corrected chi connectivity index (χ1v) is 5.06. The van der Waals surface area contributed by atoms with Crippen LogP contribution >= 0.6 is 0 Å². The normalized spacial score (nSPS) is 10.8. The zero-order valence-electron chi connectivity index (χ0n) is 7.61. The fraction of sp³-hybridized carbons (Fsp3) is 0.571. The summed E-state index contributed by atoms with van der Waals surface area (Å²) in [6.07, 6.45) is 0. The molecule has 0 bridgehead atoms. The third-order valence-corrected chi connectivity index (χ3v) is 2.38. The Kier molecular flexibility index (Phi) is 7.77. The van der Waals surface area contributed by atoms with Crippen molar-refractivity contribution in [3.63, 3.8) is 0 Å². The van der Waals surface area contributed by atoms with Crippen LogP contribution in [0.4, 0.5) is 0 Å². The van der Waals surface area contributed by atoms with Crippen LogP contribution in [0.5, 0.6) is 0 Å².